The predicted molar refractivity (Wildman–Crippen MR) is 72.6 cm³/mol. The Morgan fingerprint density at radius 1 is 1.29 bits per heavy atom. The molecule has 2 unspecified atom stereocenters. The zero-order valence-electron chi connectivity index (χ0n) is 11.9. The lowest BCUT2D eigenvalue weighted by Gasteiger charge is -2.38. The zero-order valence-corrected chi connectivity index (χ0v) is 11.9. The van der Waals surface area contributed by atoms with Gasteiger partial charge in [0.05, 0.1) is 11.7 Å². The number of aryl methyl sites for hydroxylation is 1. The topological polar surface area (TPSA) is 44.0 Å². The van der Waals surface area contributed by atoms with E-state index in [1.165, 1.54) is 6.92 Å². The van der Waals surface area contributed by atoms with Crippen molar-refractivity contribution in [2.24, 2.45) is 0 Å². The minimum absolute atomic E-state index is 0.0472. The number of rotatable bonds is 4. The van der Waals surface area contributed by atoms with E-state index in [1.807, 2.05) is 12.1 Å². The average Bonchev–Trinajstić information content (AvgIpc) is 2.77. The van der Waals surface area contributed by atoms with Crippen molar-refractivity contribution in [1.82, 2.24) is 0 Å². The summed E-state index contributed by atoms with van der Waals surface area (Å²) in [5.41, 5.74) is -0.839. The quantitative estimate of drug-likeness (QED) is 0.916. The molecule has 1 N–H and O–H groups in total. The van der Waals surface area contributed by atoms with Crippen molar-refractivity contribution in [2.75, 3.05) is 0 Å². The van der Waals surface area contributed by atoms with E-state index in [1.54, 1.807) is 12.1 Å². The molecule has 0 aliphatic heterocycles. The van der Waals surface area contributed by atoms with E-state index in [9.17, 15) is 23.5 Å². The van der Waals surface area contributed by atoms with Gasteiger partial charge in [-0.3, -0.25) is 0 Å². The summed E-state index contributed by atoms with van der Waals surface area (Å²) < 4.78 is 36.8. The van der Waals surface area contributed by atoms with Crippen LogP contribution in [-0.2, 0) is 11.8 Å². The standard InChI is InChI=1S/C16H18F3NO/c1-14(21,8-4-9-16(17,18)19)15(11-20)10-7-12-5-2-3-6-13(12)15/h2-3,5-6,21H,4,7-10H2,1H3. The van der Waals surface area contributed by atoms with Crippen LogP contribution >= 0.6 is 0 Å². The zero-order chi connectivity index (χ0) is 15.7. The molecule has 0 spiro atoms. The molecule has 21 heavy (non-hydrogen) atoms. The van der Waals surface area contributed by atoms with Gasteiger partial charge in [0.1, 0.15) is 5.41 Å². The van der Waals surface area contributed by atoms with Gasteiger partial charge in [-0.1, -0.05) is 24.3 Å². The fraction of sp³-hybridized carbons (Fsp3) is 0.562. The molecule has 2 nitrogen and oxygen atoms in total. The molecule has 0 fully saturated rings. The highest BCUT2D eigenvalue weighted by atomic mass is 19.4. The Bertz CT molecular complexity index is 559. The normalized spacial score (nSPS) is 24.2. The van der Waals surface area contributed by atoms with Gasteiger partial charge in [0.2, 0.25) is 0 Å². The number of halogens is 3. The molecule has 1 aromatic rings. The van der Waals surface area contributed by atoms with E-state index >= 15 is 0 Å². The van der Waals surface area contributed by atoms with Crippen LogP contribution in [0.15, 0.2) is 24.3 Å². The van der Waals surface area contributed by atoms with Crippen molar-refractivity contribution in [2.45, 2.75) is 56.2 Å². The number of benzene rings is 1. The van der Waals surface area contributed by atoms with Gasteiger partial charge in [-0.25, -0.2) is 0 Å². The second kappa shape index (κ2) is 5.34. The molecule has 0 radical (unpaired) electrons. The molecule has 2 atom stereocenters. The van der Waals surface area contributed by atoms with Crippen molar-refractivity contribution >= 4 is 0 Å². The Labute approximate surface area is 122 Å². The Morgan fingerprint density at radius 3 is 2.57 bits per heavy atom. The molecule has 0 bridgehead atoms. The summed E-state index contributed by atoms with van der Waals surface area (Å²) in [5, 5.41) is 20.3. The molecule has 0 aromatic heterocycles. The summed E-state index contributed by atoms with van der Waals surface area (Å²) in [4.78, 5) is 0. The summed E-state index contributed by atoms with van der Waals surface area (Å²) in [6.45, 7) is 1.48. The van der Waals surface area contributed by atoms with Crippen LogP contribution in [0.2, 0.25) is 0 Å². The van der Waals surface area contributed by atoms with Gasteiger partial charge in [0.25, 0.3) is 0 Å². The lowest BCUT2D eigenvalue weighted by Crippen LogP contribution is -2.47. The molecule has 1 aliphatic carbocycles. The Hall–Kier alpha value is -1.54. The molecule has 0 saturated heterocycles. The minimum atomic E-state index is -4.23. The molecule has 1 aliphatic rings. The maximum atomic E-state index is 12.3. The summed E-state index contributed by atoms with van der Waals surface area (Å²) in [6.07, 6.45) is -4.28. The van der Waals surface area contributed by atoms with Crippen molar-refractivity contribution in [3.63, 3.8) is 0 Å². The van der Waals surface area contributed by atoms with E-state index < -0.39 is 23.6 Å². The van der Waals surface area contributed by atoms with Gasteiger partial charge in [0.15, 0.2) is 0 Å². The smallest absolute Gasteiger partial charge is 0.388 e. The first-order valence-corrected chi connectivity index (χ1v) is 7.01. The van der Waals surface area contributed by atoms with Gasteiger partial charge in [-0.2, -0.15) is 18.4 Å². The second-order valence-corrected chi connectivity index (χ2v) is 5.92. The third kappa shape index (κ3) is 2.91. The van der Waals surface area contributed by atoms with Crippen LogP contribution < -0.4 is 0 Å². The van der Waals surface area contributed by atoms with Gasteiger partial charge < -0.3 is 5.11 Å². The number of hydrogen-bond donors (Lipinski definition) is 1. The summed E-state index contributed by atoms with van der Waals surface area (Å²) in [6, 6.07) is 9.55. The summed E-state index contributed by atoms with van der Waals surface area (Å²) in [5.74, 6) is 0. The molecule has 5 heteroatoms. The first-order valence-electron chi connectivity index (χ1n) is 7.01. The monoisotopic (exact) mass is 297 g/mol. The van der Waals surface area contributed by atoms with E-state index in [-0.39, 0.29) is 12.8 Å². The van der Waals surface area contributed by atoms with Gasteiger partial charge >= 0.3 is 6.18 Å². The van der Waals surface area contributed by atoms with Crippen molar-refractivity contribution < 1.29 is 18.3 Å². The maximum absolute atomic E-state index is 12.3. The number of aliphatic hydroxyl groups is 1. The lowest BCUT2D eigenvalue weighted by atomic mass is 9.67. The van der Waals surface area contributed by atoms with E-state index in [4.69, 9.17) is 0 Å². The van der Waals surface area contributed by atoms with Gasteiger partial charge in [-0.05, 0) is 43.7 Å². The van der Waals surface area contributed by atoms with Crippen LogP contribution in [0.1, 0.15) is 43.7 Å². The number of alkyl halides is 3. The molecule has 0 heterocycles. The highest BCUT2D eigenvalue weighted by Crippen LogP contribution is 2.48. The number of fused-ring (bicyclic) bond motifs is 1. The summed E-state index contributed by atoms with van der Waals surface area (Å²) >= 11 is 0. The van der Waals surface area contributed by atoms with E-state index in [2.05, 4.69) is 6.07 Å². The lowest BCUT2D eigenvalue weighted by molar-refractivity contribution is -0.138. The van der Waals surface area contributed by atoms with Crippen LogP contribution in [0.5, 0.6) is 0 Å². The van der Waals surface area contributed by atoms with Gasteiger partial charge in [-0.15, -0.1) is 0 Å². The third-order valence-electron chi connectivity index (χ3n) is 4.48. The molecular formula is C16H18F3NO. The molecule has 114 valence electrons. The predicted octanol–water partition coefficient (Wildman–Crippen LogP) is 3.88. The van der Waals surface area contributed by atoms with Crippen LogP contribution in [0, 0.1) is 11.3 Å². The van der Waals surface area contributed by atoms with E-state index in [0.29, 0.717) is 12.8 Å². The van der Waals surface area contributed by atoms with Crippen LogP contribution in [-0.4, -0.2) is 16.9 Å². The first-order chi connectivity index (χ1) is 9.72. The fourth-order valence-electron chi connectivity index (χ4n) is 3.25. The first kappa shape index (κ1) is 15.8. The number of hydrogen-bond acceptors (Lipinski definition) is 2. The Morgan fingerprint density at radius 2 is 1.95 bits per heavy atom. The minimum Gasteiger partial charge on any atom is -0.388 e. The van der Waals surface area contributed by atoms with Crippen molar-refractivity contribution in [3.05, 3.63) is 35.4 Å². The molecular weight excluding hydrogens is 279 g/mol. The van der Waals surface area contributed by atoms with Crippen LogP contribution in [0.4, 0.5) is 13.2 Å². The Kier molecular flexibility index (Phi) is 4.03. The molecule has 2 rings (SSSR count). The SMILES string of the molecule is CC(O)(CCCC(F)(F)F)C1(C#N)CCc2ccccc21. The largest absolute Gasteiger partial charge is 0.389 e. The third-order valence-corrected chi connectivity index (χ3v) is 4.48. The molecule has 1 aromatic carbocycles. The highest BCUT2D eigenvalue weighted by Gasteiger charge is 2.52. The molecule has 0 saturated carbocycles. The molecule has 0 amide bonds. The fourth-order valence-corrected chi connectivity index (χ4v) is 3.25. The van der Waals surface area contributed by atoms with Crippen molar-refractivity contribution in [1.29, 1.82) is 5.26 Å². The number of nitriles is 1. The van der Waals surface area contributed by atoms with E-state index in [0.717, 1.165) is 11.1 Å². The second-order valence-electron chi connectivity index (χ2n) is 5.92. The van der Waals surface area contributed by atoms with Crippen LogP contribution in [0.25, 0.3) is 0 Å². The van der Waals surface area contributed by atoms with Gasteiger partial charge in [0, 0.05) is 6.42 Å². The summed E-state index contributed by atoms with van der Waals surface area (Å²) in [7, 11) is 0. The number of nitrogens with zero attached hydrogens (tertiary/aromatic N) is 1. The Balaban J connectivity index is 2.23. The van der Waals surface area contributed by atoms with Crippen LogP contribution in [0.3, 0.4) is 0 Å². The van der Waals surface area contributed by atoms with Crippen molar-refractivity contribution in [3.8, 4) is 6.07 Å². The maximum Gasteiger partial charge on any atom is 0.389 e. The highest BCUT2D eigenvalue weighted by molar-refractivity contribution is 5.47. The average molecular weight is 297 g/mol.